The van der Waals surface area contributed by atoms with Crippen LogP contribution in [-0.2, 0) is 45.6 Å². The minimum absolute atomic E-state index is 0.0237. The van der Waals surface area contributed by atoms with Crippen LogP contribution in [0.3, 0.4) is 0 Å². The lowest BCUT2D eigenvalue weighted by Crippen LogP contribution is -2.22. The minimum Gasteiger partial charge on any atom is -0.489 e. The number of ether oxygens (including phenoxy) is 2. The minimum atomic E-state index is -4.95. The van der Waals surface area contributed by atoms with E-state index in [9.17, 15) is 35.5 Å². The highest BCUT2D eigenvalue weighted by atomic mass is 35.5. The quantitative estimate of drug-likeness (QED) is 0.0247. The molecular formula is C35H23ClN2O16S4. The fraction of sp³-hybridized carbons (Fsp3) is 0.0286. The van der Waals surface area contributed by atoms with E-state index in [0.29, 0.717) is 34.5 Å². The molecule has 7 rings (SSSR count). The van der Waals surface area contributed by atoms with Gasteiger partial charge in [-0.15, -0.1) is 8.67 Å². The summed E-state index contributed by atoms with van der Waals surface area (Å²) in [5.41, 5.74) is -0.108. The van der Waals surface area contributed by atoms with Crippen molar-refractivity contribution in [1.82, 2.24) is 4.98 Å². The van der Waals surface area contributed by atoms with Crippen LogP contribution in [0.5, 0.6) is 17.2 Å². The zero-order valence-electron chi connectivity index (χ0n) is 28.6. The first-order valence-electron chi connectivity index (χ1n) is 15.9. The number of carbonyl (C=O) groups is 1. The molecule has 5 aromatic carbocycles. The van der Waals surface area contributed by atoms with Gasteiger partial charge in [0.1, 0.15) is 23.0 Å². The van der Waals surface area contributed by atoms with Crippen molar-refractivity contribution in [2.75, 3.05) is 5.32 Å². The van der Waals surface area contributed by atoms with Crippen molar-refractivity contribution in [3.8, 4) is 28.4 Å². The first-order chi connectivity index (χ1) is 27.7. The molecule has 0 atom stereocenters. The molecule has 0 fully saturated rings. The van der Waals surface area contributed by atoms with Crippen LogP contribution < -0.4 is 20.3 Å². The summed E-state index contributed by atoms with van der Waals surface area (Å²) in [7, 11) is -9.69. The van der Waals surface area contributed by atoms with Crippen molar-refractivity contribution in [3.63, 3.8) is 0 Å². The summed E-state index contributed by atoms with van der Waals surface area (Å²) in [5.74, 6) is -0.964. The smallest absolute Gasteiger partial charge is 0.298 e. The second-order valence-corrected chi connectivity index (χ2v) is 16.6. The second-order valence-electron chi connectivity index (χ2n) is 11.9. The fourth-order valence-electron chi connectivity index (χ4n) is 6.11. The van der Waals surface area contributed by atoms with Crippen molar-refractivity contribution >= 4 is 84.0 Å². The van der Waals surface area contributed by atoms with E-state index >= 15 is 0 Å². The normalized spacial score (nSPS) is 12.4. The molecule has 6 aromatic rings. The van der Waals surface area contributed by atoms with E-state index < -0.39 is 47.1 Å². The van der Waals surface area contributed by atoms with Crippen LogP contribution in [-0.4, -0.2) is 47.2 Å². The molecule has 1 heterocycles. The number of aromatic amines is 1. The monoisotopic (exact) mass is 890 g/mol. The van der Waals surface area contributed by atoms with Gasteiger partial charge < -0.3 is 19.8 Å². The maximum absolute atomic E-state index is 14.6. The Balaban J connectivity index is 1.49. The van der Waals surface area contributed by atoms with Gasteiger partial charge in [-0.1, -0.05) is 52.0 Å². The SMILES string of the molecule is O=C1c2ccccc2-c2c(COc3cccc(SOOO)c3)c(=O)[nH]c3c(Oc4ccc(Cl)cc4S(=O)(=O)O)cc(Nc4ccc(S(=O)(=O)O)cc4SOOO)c1c23. The van der Waals surface area contributed by atoms with Gasteiger partial charge >= 0.3 is 0 Å². The molecule has 0 saturated carbocycles. The summed E-state index contributed by atoms with van der Waals surface area (Å²) >= 11 is 7.05. The topological polar surface area (TPSA) is 267 Å². The number of pyridine rings is 1. The highest BCUT2D eigenvalue weighted by Crippen LogP contribution is 2.48. The maximum Gasteiger partial charge on any atom is 0.298 e. The summed E-state index contributed by atoms with van der Waals surface area (Å²) < 4.78 is 89.9. The van der Waals surface area contributed by atoms with Crippen LogP contribution in [0, 0.1) is 0 Å². The molecule has 1 aromatic heterocycles. The maximum atomic E-state index is 14.6. The number of hydrogen-bond donors (Lipinski definition) is 6. The van der Waals surface area contributed by atoms with Gasteiger partial charge in [0.2, 0.25) is 0 Å². The Bertz CT molecular complexity index is 2910. The standard InChI is InChI=1S/C35H23ClN2O16S4/c36-17-8-11-26(29(12-17)58(46,47)48)50-27-15-25(37-24-10-9-20(57(43,44)45)14-28(24)56-54-52-42)31-32-30(21-6-1-2-7-22(21)34(31)39)23(35(40)38-33(27)32)16-49-18-4-3-5-19(13-18)55-53-51-41/h1-15,37,41-42H,16H2,(H,38,40)(H,43,44,45)(H,46,47,48). The predicted octanol–water partition coefficient (Wildman–Crippen LogP) is 7.86. The molecule has 0 spiro atoms. The Morgan fingerprint density at radius 1 is 0.741 bits per heavy atom. The number of halogens is 1. The number of aromatic nitrogens is 1. The first kappa shape index (κ1) is 41.1. The Hall–Kier alpha value is -5.05. The molecule has 0 unspecified atom stereocenters. The van der Waals surface area contributed by atoms with Crippen LogP contribution in [0.2, 0.25) is 5.02 Å². The summed E-state index contributed by atoms with van der Waals surface area (Å²) in [4.78, 5) is 30.5. The van der Waals surface area contributed by atoms with Crippen LogP contribution in [0.4, 0.5) is 11.4 Å². The van der Waals surface area contributed by atoms with Gasteiger partial charge in [-0.2, -0.15) is 16.8 Å². The van der Waals surface area contributed by atoms with E-state index in [1.165, 1.54) is 30.3 Å². The molecule has 6 N–H and O–H groups in total. The van der Waals surface area contributed by atoms with Gasteiger partial charge in [0.05, 0.1) is 61.9 Å². The van der Waals surface area contributed by atoms with Crippen molar-refractivity contribution in [1.29, 1.82) is 0 Å². The number of nitrogens with one attached hydrogen (secondary N) is 2. The Kier molecular flexibility index (Phi) is 11.8. The largest absolute Gasteiger partial charge is 0.489 e. The molecule has 0 saturated heterocycles. The van der Waals surface area contributed by atoms with Crippen LogP contribution in [0.1, 0.15) is 21.5 Å². The molecule has 1 aliphatic carbocycles. The van der Waals surface area contributed by atoms with Gasteiger partial charge in [-0.25, -0.2) is 10.5 Å². The molecule has 0 amide bonds. The summed E-state index contributed by atoms with van der Waals surface area (Å²) in [6.07, 6.45) is 0. The Labute approximate surface area is 339 Å². The third-order valence-electron chi connectivity index (χ3n) is 8.45. The number of rotatable bonds is 15. The molecule has 0 aliphatic heterocycles. The number of carbonyl (C=O) groups excluding carboxylic acids is 1. The number of benzene rings is 5. The molecule has 58 heavy (non-hydrogen) atoms. The average molecular weight is 891 g/mol. The summed E-state index contributed by atoms with van der Waals surface area (Å²) in [6, 6.07) is 20.6. The zero-order valence-corrected chi connectivity index (χ0v) is 32.6. The summed E-state index contributed by atoms with van der Waals surface area (Å²) in [6.45, 7) is -0.373. The van der Waals surface area contributed by atoms with E-state index in [1.54, 1.807) is 36.4 Å². The molecule has 0 bridgehead atoms. The number of ketones is 1. The van der Waals surface area contributed by atoms with Crippen LogP contribution in [0.15, 0.2) is 115 Å². The molecule has 18 nitrogen and oxygen atoms in total. The lowest BCUT2D eigenvalue weighted by Gasteiger charge is -2.26. The Morgan fingerprint density at radius 3 is 2.21 bits per heavy atom. The first-order valence-corrected chi connectivity index (χ1v) is 20.7. The molecule has 0 radical (unpaired) electrons. The van der Waals surface area contributed by atoms with Crippen molar-refractivity contribution < 1.29 is 69.5 Å². The number of H-pyrrole nitrogens is 1. The number of fused-ring (bicyclic) bond motifs is 2. The third-order valence-corrected chi connectivity index (χ3v) is 11.6. The van der Waals surface area contributed by atoms with E-state index in [4.69, 9.17) is 31.6 Å². The van der Waals surface area contributed by atoms with Crippen molar-refractivity contribution in [2.45, 2.75) is 26.2 Å². The van der Waals surface area contributed by atoms with Crippen molar-refractivity contribution in [2.24, 2.45) is 0 Å². The van der Waals surface area contributed by atoms with E-state index in [1.807, 2.05) is 0 Å². The number of anilines is 2. The molecule has 300 valence electrons. The van der Waals surface area contributed by atoms with Gasteiger partial charge in [0.25, 0.3) is 25.8 Å². The lowest BCUT2D eigenvalue weighted by atomic mass is 9.81. The van der Waals surface area contributed by atoms with Gasteiger partial charge in [0.15, 0.2) is 11.5 Å². The van der Waals surface area contributed by atoms with Gasteiger partial charge in [0, 0.05) is 32.5 Å². The van der Waals surface area contributed by atoms with Crippen LogP contribution >= 0.6 is 35.7 Å². The molecular weight excluding hydrogens is 868 g/mol. The lowest BCUT2D eigenvalue weighted by molar-refractivity contribution is -0.432. The second kappa shape index (κ2) is 16.7. The fourth-order valence-corrected chi connectivity index (χ4v) is 8.47. The average Bonchev–Trinajstić information content (AvgIpc) is 3.18. The molecule has 23 heteroatoms. The van der Waals surface area contributed by atoms with Gasteiger partial charge in [-0.05, 0) is 60.2 Å². The van der Waals surface area contributed by atoms with E-state index in [-0.39, 0.29) is 72.6 Å². The predicted molar refractivity (Wildman–Crippen MR) is 206 cm³/mol. The third kappa shape index (κ3) is 8.41. The number of hydrogen-bond acceptors (Lipinski definition) is 17. The van der Waals surface area contributed by atoms with Gasteiger partial charge in [-0.3, -0.25) is 18.7 Å². The van der Waals surface area contributed by atoms with Crippen LogP contribution in [0.25, 0.3) is 22.0 Å². The summed E-state index contributed by atoms with van der Waals surface area (Å²) in [5, 5.41) is 27.8. The molecule has 1 aliphatic rings. The highest BCUT2D eigenvalue weighted by molar-refractivity contribution is 7.95. The zero-order chi connectivity index (χ0) is 41.4. The highest BCUT2D eigenvalue weighted by Gasteiger charge is 2.34. The van der Waals surface area contributed by atoms with Crippen molar-refractivity contribution in [3.05, 3.63) is 123 Å². The Morgan fingerprint density at radius 2 is 1.48 bits per heavy atom. The van der Waals surface area contributed by atoms with E-state index in [0.717, 1.165) is 24.3 Å². The van der Waals surface area contributed by atoms with E-state index in [2.05, 4.69) is 29.0 Å².